The quantitative estimate of drug-likeness (QED) is 0.555. The molecule has 2 heterocycles. The van der Waals surface area contributed by atoms with Crippen LogP contribution < -0.4 is 8.47 Å². The molecule has 0 unspecified atom stereocenters. The zero-order valence-corrected chi connectivity index (χ0v) is 7.25. The molecule has 2 rings (SSSR count). The van der Waals surface area contributed by atoms with Gasteiger partial charge in [-0.3, -0.25) is 0 Å². The highest BCUT2D eigenvalue weighted by molar-refractivity contribution is 7.82. The molecule has 0 bridgehead atoms. The molecule has 0 spiro atoms. The number of aryl methyl sites for hydroxylation is 1. The molecule has 1 aliphatic rings. The molecule has 1 aromatic rings. The minimum atomic E-state index is -3.90. The van der Waals surface area contributed by atoms with E-state index in [0.717, 1.165) is 4.85 Å². The van der Waals surface area contributed by atoms with E-state index in [-0.39, 0.29) is 5.88 Å². The van der Waals surface area contributed by atoms with Gasteiger partial charge in [0.25, 0.3) is 5.88 Å². The Morgan fingerprint density at radius 3 is 2.67 bits per heavy atom. The third kappa shape index (κ3) is 0.860. The van der Waals surface area contributed by atoms with Gasteiger partial charge >= 0.3 is 10.4 Å². The molecule has 0 aliphatic carbocycles. The van der Waals surface area contributed by atoms with E-state index in [1.165, 1.54) is 0 Å². The number of hydrogen-bond acceptors (Lipinski definition) is 5. The lowest BCUT2D eigenvalue weighted by Gasteiger charge is -1.91. The van der Waals surface area contributed by atoms with Crippen LogP contribution in [0, 0.1) is 13.8 Å². The summed E-state index contributed by atoms with van der Waals surface area (Å²) in [7, 11) is -3.90. The summed E-state index contributed by atoms with van der Waals surface area (Å²) in [5.74, 6) is 0.132. The summed E-state index contributed by atoms with van der Waals surface area (Å²) in [6, 6.07) is 0. The lowest BCUT2D eigenvalue weighted by Crippen LogP contribution is -2.15. The van der Waals surface area contributed by atoms with Crippen LogP contribution in [-0.4, -0.2) is 18.4 Å². The highest BCUT2D eigenvalue weighted by atomic mass is 32.3. The largest absolute Gasteiger partial charge is 0.523 e. The van der Waals surface area contributed by atoms with Crippen molar-refractivity contribution in [3.8, 4) is 5.88 Å². The minimum Gasteiger partial charge on any atom is -0.327 e. The minimum absolute atomic E-state index is 0.132. The molecule has 1 aromatic heterocycles. The summed E-state index contributed by atoms with van der Waals surface area (Å²) in [4.78, 5) is 0.861. The van der Waals surface area contributed by atoms with E-state index in [9.17, 15) is 8.42 Å². The first-order valence-electron chi connectivity index (χ1n) is 3.20. The normalized spacial score (nSPS) is 18.2. The number of fused-ring (bicyclic) bond motifs is 1. The summed E-state index contributed by atoms with van der Waals surface area (Å²) in [5.41, 5.74) is 1.34. The van der Waals surface area contributed by atoms with Crippen molar-refractivity contribution in [3.05, 3.63) is 11.3 Å². The Balaban J connectivity index is 2.60. The molecule has 0 radical (unpaired) electrons. The summed E-state index contributed by atoms with van der Waals surface area (Å²) >= 11 is 0. The summed E-state index contributed by atoms with van der Waals surface area (Å²) in [5, 5.41) is 3.78. The van der Waals surface area contributed by atoms with Crippen LogP contribution in [0.3, 0.4) is 0 Å². The first-order valence-corrected chi connectivity index (χ1v) is 4.53. The fourth-order valence-corrected chi connectivity index (χ4v) is 1.58. The van der Waals surface area contributed by atoms with Gasteiger partial charge in [-0.25, -0.2) is 4.28 Å². The molecule has 0 amide bonds. The summed E-state index contributed by atoms with van der Waals surface area (Å²) < 4.78 is 30.3. The van der Waals surface area contributed by atoms with Gasteiger partial charge in [0.15, 0.2) is 0 Å². The molecule has 7 heteroatoms. The van der Waals surface area contributed by atoms with E-state index in [1.807, 2.05) is 0 Å². The molecule has 66 valence electrons. The second-order valence-corrected chi connectivity index (χ2v) is 3.59. The van der Waals surface area contributed by atoms with Crippen LogP contribution in [0.2, 0.25) is 0 Å². The van der Waals surface area contributed by atoms with Crippen LogP contribution in [0.15, 0.2) is 0 Å². The Kier molecular flexibility index (Phi) is 1.18. The van der Waals surface area contributed by atoms with Gasteiger partial charge in [-0.15, -0.1) is 13.5 Å². The Bertz CT molecular complexity index is 433. The Morgan fingerprint density at radius 1 is 1.42 bits per heavy atom. The van der Waals surface area contributed by atoms with Crippen molar-refractivity contribution in [1.29, 1.82) is 0 Å². The fraction of sp³-hybridized carbons (Fsp3) is 0.400. The van der Waals surface area contributed by atoms with Gasteiger partial charge in [0, 0.05) is 5.56 Å². The maximum atomic E-state index is 10.7. The molecule has 0 N–H and O–H groups in total. The summed E-state index contributed by atoms with van der Waals surface area (Å²) in [6.45, 7) is 3.44. The molecule has 0 saturated carbocycles. The lowest BCUT2D eigenvalue weighted by atomic mass is 10.3. The molecular formula is C5H6N2O4S. The monoisotopic (exact) mass is 190 g/mol. The predicted molar refractivity (Wildman–Crippen MR) is 37.8 cm³/mol. The van der Waals surface area contributed by atoms with Gasteiger partial charge in [0.1, 0.15) is 0 Å². The van der Waals surface area contributed by atoms with Gasteiger partial charge in [0.05, 0.1) is 5.69 Å². The molecule has 12 heavy (non-hydrogen) atoms. The Morgan fingerprint density at radius 2 is 2.08 bits per heavy atom. The maximum absolute atomic E-state index is 10.7. The van der Waals surface area contributed by atoms with E-state index in [1.54, 1.807) is 13.8 Å². The van der Waals surface area contributed by atoms with Crippen molar-refractivity contribution in [2.75, 3.05) is 0 Å². The van der Waals surface area contributed by atoms with E-state index in [0.29, 0.717) is 11.3 Å². The number of hydrogen-bond donors (Lipinski definition) is 0. The van der Waals surface area contributed by atoms with Gasteiger partial charge < -0.3 is 4.18 Å². The van der Waals surface area contributed by atoms with Crippen molar-refractivity contribution < 1.29 is 16.9 Å². The van der Waals surface area contributed by atoms with Crippen LogP contribution in [0.4, 0.5) is 0 Å². The first-order chi connectivity index (χ1) is 5.49. The molecule has 0 saturated heterocycles. The van der Waals surface area contributed by atoms with Gasteiger partial charge in [-0.1, -0.05) is 0 Å². The second kappa shape index (κ2) is 1.92. The van der Waals surface area contributed by atoms with Gasteiger partial charge in [-0.2, -0.15) is 0 Å². The average Bonchev–Trinajstić information content (AvgIpc) is 2.33. The maximum Gasteiger partial charge on any atom is 0.523 e. The SMILES string of the molecule is Cc1nn2c(c1C)OS(=O)(=O)O2. The van der Waals surface area contributed by atoms with E-state index in [4.69, 9.17) is 0 Å². The highest BCUT2D eigenvalue weighted by Gasteiger charge is 2.32. The van der Waals surface area contributed by atoms with Crippen LogP contribution in [-0.2, 0) is 10.4 Å². The third-order valence-corrected chi connectivity index (χ3v) is 2.31. The molecule has 0 fully saturated rings. The lowest BCUT2D eigenvalue weighted by molar-refractivity contribution is 0.258. The van der Waals surface area contributed by atoms with Crippen molar-refractivity contribution in [2.24, 2.45) is 0 Å². The first kappa shape index (κ1) is 7.41. The molecule has 6 nitrogen and oxygen atoms in total. The number of aromatic nitrogens is 2. The van der Waals surface area contributed by atoms with Crippen molar-refractivity contribution in [3.63, 3.8) is 0 Å². The van der Waals surface area contributed by atoms with Crippen LogP contribution in [0.1, 0.15) is 11.3 Å². The number of nitrogens with zero attached hydrogens (tertiary/aromatic N) is 2. The van der Waals surface area contributed by atoms with Crippen molar-refractivity contribution >= 4 is 10.4 Å². The zero-order valence-electron chi connectivity index (χ0n) is 6.44. The molecular weight excluding hydrogens is 184 g/mol. The second-order valence-electron chi connectivity index (χ2n) is 2.45. The van der Waals surface area contributed by atoms with Crippen LogP contribution >= 0.6 is 0 Å². The average molecular weight is 190 g/mol. The van der Waals surface area contributed by atoms with Crippen molar-refractivity contribution in [2.45, 2.75) is 13.8 Å². The van der Waals surface area contributed by atoms with Crippen LogP contribution in [0.25, 0.3) is 0 Å². The molecule has 0 aromatic carbocycles. The Hall–Kier alpha value is -1.24. The standard InChI is InChI=1S/C5H6N2O4S/c1-3-4(2)6-7-5(3)10-12(8,9)11-7/h1-2H3. The van der Waals surface area contributed by atoms with E-state index in [2.05, 4.69) is 13.6 Å². The van der Waals surface area contributed by atoms with Crippen molar-refractivity contribution in [1.82, 2.24) is 9.94 Å². The van der Waals surface area contributed by atoms with E-state index >= 15 is 0 Å². The zero-order chi connectivity index (χ0) is 8.93. The van der Waals surface area contributed by atoms with Gasteiger partial charge in [0.2, 0.25) is 0 Å². The smallest absolute Gasteiger partial charge is 0.327 e. The molecule has 1 aliphatic heterocycles. The number of rotatable bonds is 0. The van der Waals surface area contributed by atoms with Gasteiger partial charge in [-0.05, 0) is 18.7 Å². The fourth-order valence-electron chi connectivity index (χ4n) is 0.898. The third-order valence-electron chi connectivity index (χ3n) is 1.62. The Labute approximate surface area is 69.0 Å². The van der Waals surface area contributed by atoms with E-state index < -0.39 is 10.4 Å². The molecule has 0 atom stereocenters. The summed E-state index contributed by atoms with van der Waals surface area (Å²) in [6.07, 6.45) is 0. The highest BCUT2D eigenvalue weighted by Crippen LogP contribution is 2.25. The van der Waals surface area contributed by atoms with Crippen LogP contribution in [0.5, 0.6) is 5.88 Å². The topological polar surface area (TPSA) is 70.4 Å². The predicted octanol–water partition coefficient (Wildman–Crippen LogP) is -0.434.